The van der Waals surface area contributed by atoms with Crippen LogP contribution in [0.5, 0.6) is 0 Å². The second-order valence-corrected chi connectivity index (χ2v) is 18.5. The zero-order valence-corrected chi connectivity index (χ0v) is 38.5. The SMILES string of the molecule is CCCCCCCCc1ccc(-c2cnc([C@H]3CC[C@H](CCC)CC3)nc2C)cc1.CCCCCCCc1ccc(-c2cnc([C@H]3CC[C@H](CCC)CC3)nc2C)cc1. The quantitative estimate of drug-likeness (QED) is 0.0788. The van der Waals surface area contributed by atoms with E-state index < -0.39 is 0 Å². The van der Waals surface area contributed by atoms with Crippen LogP contribution in [-0.4, -0.2) is 19.9 Å². The van der Waals surface area contributed by atoms with Crippen LogP contribution in [0, 0.1) is 25.7 Å². The average Bonchev–Trinajstić information content (AvgIpc) is 3.26. The Kier molecular flexibility index (Phi) is 20.6. The molecule has 2 aromatic heterocycles. The van der Waals surface area contributed by atoms with E-state index in [0.717, 1.165) is 34.9 Å². The summed E-state index contributed by atoms with van der Waals surface area (Å²) in [6.45, 7) is 13.4. The maximum atomic E-state index is 4.94. The first kappa shape index (κ1) is 46.7. The maximum absolute atomic E-state index is 4.94. The molecule has 0 bridgehead atoms. The van der Waals surface area contributed by atoms with Gasteiger partial charge < -0.3 is 0 Å². The van der Waals surface area contributed by atoms with E-state index in [4.69, 9.17) is 19.9 Å². The monoisotopic (exact) mass is 799 g/mol. The molecule has 0 spiro atoms. The molecule has 0 atom stereocenters. The lowest BCUT2D eigenvalue weighted by Crippen LogP contribution is -2.15. The molecule has 6 rings (SSSR count). The Balaban J connectivity index is 0.000000224. The van der Waals surface area contributed by atoms with E-state index >= 15 is 0 Å². The van der Waals surface area contributed by atoms with Crippen LogP contribution < -0.4 is 0 Å². The van der Waals surface area contributed by atoms with Crippen molar-refractivity contribution in [2.24, 2.45) is 11.8 Å². The molecule has 0 N–H and O–H groups in total. The summed E-state index contributed by atoms with van der Waals surface area (Å²) < 4.78 is 0. The highest BCUT2D eigenvalue weighted by Gasteiger charge is 2.25. The maximum Gasteiger partial charge on any atom is 0.131 e. The first-order chi connectivity index (χ1) is 28.9. The van der Waals surface area contributed by atoms with Gasteiger partial charge >= 0.3 is 0 Å². The zero-order chi connectivity index (χ0) is 41.7. The molecule has 4 aromatic rings. The Morgan fingerprint density at radius 1 is 0.424 bits per heavy atom. The Morgan fingerprint density at radius 3 is 1.12 bits per heavy atom. The van der Waals surface area contributed by atoms with E-state index in [1.807, 2.05) is 0 Å². The number of aryl methyl sites for hydroxylation is 4. The highest BCUT2D eigenvalue weighted by Crippen LogP contribution is 2.38. The van der Waals surface area contributed by atoms with Gasteiger partial charge in [-0.05, 0) is 125 Å². The number of rotatable bonds is 21. The van der Waals surface area contributed by atoms with Crippen LogP contribution >= 0.6 is 0 Å². The standard InChI is InChI=1S/C28H42N2.C27H40N2/c1-4-6-7-8-9-10-12-24-13-17-25(18-14-24)27-21-29-28(30-22(27)3)26-19-15-23(11-5-2)16-20-26;1-4-6-7-8-9-11-23-12-16-24(17-13-23)26-20-28-27(29-21(26)3)25-18-14-22(10-5-2)15-19-25/h13-14,17-18,21,23,26H,4-12,15-16,19-20H2,1-3H3;12-13,16-17,20,22,25H,4-11,14-15,18-19H2,1-3H3/t23-,26-;22-,25-. The molecule has 0 saturated heterocycles. The second-order valence-electron chi connectivity index (χ2n) is 18.5. The van der Waals surface area contributed by atoms with Crippen molar-refractivity contribution < 1.29 is 0 Å². The predicted octanol–water partition coefficient (Wildman–Crippen LogP) is 16.5. The van der Waals surface area contributed by atoms with Crippen molar-refractivity contribution in [2.45, 2.75) is 214 Å². The molecule has 0 unspecified atom stereocenters. The number of unbranched alkanes of at least 4 members (excludes halogenated alkanes) is 9. The van der Waals surface area contributed by atoms with Crippen molar-refractivity contribution in [3.8, 4) is 22.3 Å². The second kappa shape index (κ2) is 26.0. The molecule has 2 saturated carbocycles. The fraction of sp³-hybridized carbons (Fsp3) is 0.636. The topological polar surface area (TPSA) is 51.6 Å². The molecule has 2 aliphatic rings. The molecule has 4 nitrogen and oxygen atoms in total. The van der Waals surface area contributed by atoms with Gasteiger partial charge in [-0.3, -0.25) is 0 Å². The molecule has 322 valence electrons. The molecule has 2 aromatic carbocycles. The van der Waals surface area contributed by atoms with Crippen LogP contribution in [0.15, 0.2) is 60.9 Å². The summed E-state index contributed by atoms with van der Waals surface area (Å²) in [4.78, 5) is 19.5. The van der Waals surface area contributed by atoms with E-state index in [9.17, 15) is 0 Å². The zero-order valence-electron chi connectivity index (χ0n) is 38.5. The number of benzene rings is 2. The first-order valence-corrected chi connectivity index (χ1v) is 24.8. The molecular weight excluding hydrogens is 717 g/mol. The Hall–Kier alpha value is -3.40. The molecule has 59 heavy (non-hydrogen) atoms. The van der Waals surface area contributed by atoms with Crippen LogP contribution in [0.25, 0.3) is 22.3 Å². The fourth-order valence-corrected chi connectivity index (χ4v) is 9.91. The third-order valence-electron chi connectivity index (χ3n) is 13.7. The first-order valence-electron chi connectivity index (χ1n) is 24.8. The molecule has 2 aliphatic carbocycles. The van der Waals surface area contributed by atoms with Crippen LogP contribution in [0.2, 0.25) is 0 Å². The average molecular weight is 799 g/mol. The van der Waals surface area contributed by atoms with Crippen LogP contribution in [0.3, 0.4) is 0 Å². The minimum Gasteiger partial charge on any atom is -0.240 e. The van der Waals surface area contributed by atoms with Gasteiger partial charge in [0.05, 0.1) is 0 Å². The lowest BCUT2D eigenvalue weighted by atomic mass is 9.79. The summed E-state index contributed by atoms with van der Waals surface area (Å²) in [5.74, 6) is 5.13. The number of aromatic nitrogens is 4. The van der Waals surface area contributed by atoms with E-state index in [2.05, 4.69) is 102 Å². The summed E-state index contributed by atoms with van der Waals surface area (Å²) in [5.41, 5.74) is 10.0. The molecule has 2 fully saturated rings. The van der Waals surface area contributed by atoms with E-state index in [1.54, 1.807) is 0 Å². The Labute approximate surface area is 361 Å². The molecular formula is C55H82N4. The van der Waals surface area contributed by atoms with Crippen LogP contribution in [-0.2, 0) is 12.8 Å². The van der Waals surface area contributed by atoms with Crippen molar-refractivity contribution in [3.05, 3.63) is 95.1 Å². The summed E-state index contributed by atoms with van der Waals surface area (Å²) in [6.07, 6.45) is 37.2. The van der Waals surface area contributed by atoms with Gasteiger partial charge in [-0.2, -0.15) is 0 Å². The third kappa shape index (κ3) is 15.2. The molecule has 2 heterocycles. The number of nitrogens with zero attached hydrogens (tertiary/aromatic N) is 4. The minimum absolute atomic E-state index is 0.561. The number of hydrogen-bond donors (Lipinski definition) is 0. The highest BCUT2D eigenvalue weighted by molar-refractivity contribution is 5.66. The molecule has 0 aliphatic heterocycles. The summed E-state index contributed by atoms with van der Waals surface area (Å²) in [5, 5.41) is 0. The van der Waals surface area contributed by atoms with Gasteiger partial charge in [0.2, 0.25) is 0 Å². The predicted molar refractivity (Wildman–Crippen MR) is 253 cm³/mol. The minimum atomic E-state index is 0.561. The fourth-order valence-electron chi connectivity index (χ4n) is 9.91. The van der Waals surface area contributed by atoms with E-state index in [0.29, 0.717) is 11.8 Å². The van der Waals surface area contributed by atoms with Crippen molar-refractivity contribution >= 4 is 0 Å². The summed E-state index contributed by atoms with van der Waals surface area (Å²) in [7, 11) is 0. The highest BCUT2D eigenvalue weighted by atomic mass is 14.9. The lowest BCUT2D eigenvalue weighted by Gasteiger charge is -2.27. The van der Waals surface area contributed by atoms with E-state index in [-0.39, 0.29) is 0 Å². The van der Waals surface area contributed by atoms with Crippen molar-refractivity contribution in [1.82, 2.24) is 19.9 Å². The normalized spacial score (nSPS) is 19.3. The molecule has 4 heteroatoms. The van der Waals surface area contributed by atoms with Gasteiger partial charge in [0.1, 0.15) is 11.6 Å². The number of hydrogen-bond acceptors (Lipinski definition) is 4. The van der Waals surface area contributed by atoms with Crippen LogP contribution in [0.1, 0.15) is 221 Å². The Bertz CT molecular complexity index is 1730. The van der Waals surface area contributed by atoms with Gasteiger partial charge in [-0.1, -0.05) is 160 Å². The molecule has 0 radical (unpaired) electrons. The smallest absolute Gasteiger partial charge is 0.131 e. The Morgan fingerprint density at radius 2 is 0.780 bits per heavy atom. The summed E-state index contributed by atoms with van der Waals surface area (Å²) >= 11 is 0. The van der Waals surface area contributed by atoms with Crippen molar-refractivity contribution in [3.63, 3.8) is 0 Å². The van der Waals surface area contributed by atoms with Crippen molar-refractivity contribution in [2.75, 3.05) is 0 Å². The summed E-state index contributed by atoms with van der Waals surface area (Å²) in [6, 6.07) is 18.2. The van der Waals surface area contributed by atoms with Gasteiger partial charge in [0, 0.05) is 46.7 Å². The lowest BCUT2D eigenvalue weighted by molar-refractivity contribution is 0.302. The van der Waals surface area contributed by atoms with E-state index in [1.165, 1.54) is 194 Å². The molecule has 0 amide bonds. The van der Waals surface area contributed by atoms with Gasteiger partial charge in [-0.15, -0.1) is 0 Å². The largest absolute Gasteiger partial charge is 0.240 e. The van der Waals surface area contributed by atoms with Crippen LogP contribution in [0.4, 0.5) is 0 Å². The third-order valence-corrected chi connectivity index (χ3v) is 13.7. The van der Waals surface area contributed by atoms with Gasteiger partial charge in [0.25, 0.3) is 0 Å². The van der Waals surface area contributed by atoms with Gasteiger partial charge in [0.15, 0.2) is 0 Å². The van der Waals surface area contributed by atoms with Gasteiger partial charge in [-0.25, -0.2) is 19.9 Å². The van der Waals surface area contributed by atoms with Crippen molar-refractivity contribution in [1.29, 1.82) is 0 Å².